The third kappa shape index (κ3) is 4.18. The molecule has 5 heteroatoms. The zero-order valence-corrected chi connectivity index (χ0v) is 13.7. The van der Waals surface area contributed by atoms with Crippen LogP contribution < -0.4 is 5.73 Å². The highest BCUT2D eigenvalue weighted by molar-refractivity contribution is 7.88. The molecule has 4 unspecified atom stereocenters. The van der Waals surface area contributed by atoms with Gasteiger partial charge in [-0.1, -0.05) is 13.3 Å². The SMILES string of the molecule is CC1CCC(CN)C(CC2CCCN(S(C)(=O)=O)C2)C1. The number of nitrogens with two attached hydrogens (primary N) is 1. The van der Waals surface area contributed by atoms with Gasteiger partial charge in [0.2, 0.25) is 10.0 Å². The molecule has 1 saturated heterocycles. The lowest BCUT2D eigenvalue weighted by atomic mass is 9.70. The van der Waals surface area contributed by atoms with Crippen LogP contribution in [0.3, 0.4) is 0 Å². The van der Waals surface area contributed by atoms with E-state index in [4.69, 9.17) is 5.73 Å². The highest BCUT2D eigenvalue weighted by atomic mass is 32.2. The lowest BCUT2D eigenvalue weighted by Gasteiger charge is -2.39. The maximum Gasteiger partial charge on any atom is 0.211 e. The van der Waals surface area contributed by atoms with Crippen molar-refractivity contribution in [2.75, 3.05) is 25.9 Å². The first kappa shape index (κ1) is 16.2. The van der Waals surface area contributed by atoms with Crippen molar-refractivity contribution < 1.29 is 8.42 Å². The van der Waals surface area contributed by atoms with Crippen molar-refractivity contribution in [1.82, 2.24) is 4.31 Å². The molecule has 0 amide bonds. The van der Waals surface area contributed by atoms with Crippen LogP contribution in [0.2, 0.25) is 0 Å². The van der Waals surface area contributed by atoms with E-state index in [0.29, 0.717) is 24.3 Å². The molecule has 4 nitrogen and oxygen atoms in total. The number of hydrogen-bond acceptors (Lipinski definition) is 3. The average molecular weight is 302 g/mol. The summed E-state index contributed by atoms with van der Waals surface area (Å²) in [6.07, 6.45) is 8.51. The molecule has 20 heavy (non-hydrogen) atoms. The van der Waals surface area contributed by atoms with E-state index in [0.717, 1.165) is 31.8 Å². The number of piperidine rings is 1. The van der Waals surface area contributed by atoms with E-state index in [1.54, 1.807) is 4.31 Å². The van der Waals surface area contributed by atoms with Crippen LogP contribution in [-0.2, 0) is 10.0 Å². The summed E-state index contributed by atoms with van der Waals surface area (Å²) in [5.74, 6) is 2.69. The molecule has 2 rings (SSSR count). The summed E-state index contributed by atoms with van der Waals surface area (Å²) in [5, 5.41) is 0. The second-order valence-electron chi connectivity index (χ2n) is 7.04. The number of rotatable bonds is 4. The predicted molar refractivity (Wildman–Crippen MR) is 82.8 cm³/mol. The van der Waals surface area contributed by atoms with E-state index >= 15 is 0 Å². The summed E-state index contributed by atoms with van der Waals surface area (Å²) in [5.41, 5.74) is 5.93. The molecule has 1 aliphatic carbocycles. The Balaban J connectivity index is 1.94. The van der Waals surface area contributed by atoms with Crippen LogP contribution in [0.5, 0.6) is 0 Å². The highest BCUT2D eigenvalue weighted by Gasteiger charge is 2.32. The van der Waals surface area contributed by atoms with Gasteiger partial charge < -0.3 is 5.73 Å². The third-order valence-corrected chi connectivity index (χ3v) is 6.56. The zero-order valence-electron chi connectivity index (χ0n) is 12.9. The van der Waals surface area contributed by atoms with Crippen molar-refractivity contribution in [2.24, 2.45) is 29.4 Å². The average Bonchev–Trinajstić information content (AvgIpc) is 2.38. The lowest BCUT2D eigenvalue weighted by Crippen LogP contribution is -2.41. The molecule has 2 fully saturated rings. The monoisotopic (exact) mass is 302 g/mol. The molecule has 2 N–H and O–H groups in total. The molecule has 0 spiro atoms. The molecule has 0 aromatic rings. The molecule has 4 atom stereocenters. The minimum atomic E-state index is -3.02. The van der Waals surface area contributed by atoms with E-state index in [2.05, 4.69) is 6.92 Å². The van der Waals surface area contributed by atoms with E-state index in [-0.39, 0.29) is 0 Å². The van der Waals surface area contributed by atoms with Gasteiger partial charge in [-0.2, -0.15) is 0 Å². The van der Waals surface area contributed by atoms with Crippen molar-refractivity contribution in [2.45, 2.75) is 45.4 Å². The van der Waals surface area contributed by atoms with E-state index < -0.39 is 10.0 Å². The zero-order chi connectivity index (χ0) is 14.8. The van der Waals surface area contributed by atoms with Gasteiger partial charge in [0.1, 0.15) is 0 Å². The summed E-state index contributed by atoms with van der Waals surface area (Å²) in [4.78, 5) is 0. The summed E-state index contributed by atoms with van der Waals surface area (Å²) >= 11 is 0. The lowest BCUT2D eigenvalue weighted by molar-refractivity contribution is 0.139. The second-order valence-corrected chi connectivity index (χ2v) is 9.02. The highest BCUT2D eigenvalue weighted by Crippen LogP contribution is 2.38. The van der Waals surface area contributed by atoms with Gasteiger partial charge in [0, 0.05) is 13.1 Å². The van der Waals surface area contributed by atoms with Crippen LogP contribution in [0.15, 0.2) is 0 Å². The molecule has 0 aromatic carbocycles. The predicted octanol–water partition coefficient (Wildman–Crippen LogP) is 2.06. The molecule has 1 aliphatic heterocycles. The fourth-order valence-corrected chi connectivity index (χ4v) is 5.05. The Morgan fingerprint density at radius 1 is 1.20 bits per heavy atom. The number of hydrogen-bond donors (Lipinski definition) is 1. The van der Waals surface area contributed by atoms with Crippen LogP contribution in [-0.4, -0.2) is 38.6 Å². The molecule has 0 aromatic heterocycles. The minimum absolute atomic E-state index is 0.530. The summed E-state index contributed by atoms with van der Waals surface area (Å²) < 4.78 is 25.1. The van der Waals surface area contributed by atoms with Crippen molar-refractivity contribution >= 4 is 10.0 Å². The van der Waals surface area contributed by atoms with Crippen molar-refractivity contribution in [3.05, 3.63) is 0 Å². The van der Waals surface area contributed by atoms with E-state index in [9.17, 15) is 8.42 Å². The van der Waals surface area contributed by atoms with Crippen LogP contribution in [0.25, 0.3) is 0 Å². The van der Waals surface area contributed by atoms with Gasteiger partial charge in [-0.05, 0) is 62.3 Å². The molecule has 1 saturated carbocycles. The maximum atomic E-state index is 11.7. The van der Waals surface area contributed by atoms with E-state index in [1.165, 1.54) is 31.9 Å². The fraction of sp³-hybridized carbons (Fsp3) is 1.00. The first-order valence-corrected chi connectivity index (χ1v) is 9.90. The van der Waals surface area contributed by atoms with Gasteiger partial charge in [0.05, 0.1) is 6.26 Å². The number of nitrogens with zero attached hydrogens (tertiary/aromatic N) is 1. The normalized spacial score (nSPS) is 37.0. The molecular weight excluding hydrogens is 272 g/mol. The number of sulfonamides is 1. The first-order chi connectivity index (χ1) is 9.40. The molecule has 118 valence electrons. The molecule has 0 radical (unpaired) electrons. The molecule has 2 aliphatic rings. The molecular formula is C15H30N2O2S. The summed E-state index contributed by atoms with van der Waals surface area (Å²) in [6, 6.07) is 0. The maximum absolute atomic E-state index is 11.7. The van der Waals surface area contributed by atoms with Gasteiger partial charge in [0.15, 0.2) is 0 Å². The Morgan fingerprint density at radius 3 is 2.60 bits per heavy atom. The smallest absolute Gasteiger partial charge is 0.211 e. The largest absolute Gasteiger partial charge is 0.330 e. The van der Waals surface area contributed by atoms with Crippen molar-refractivity contribution in [3.8, 4) is 0 Å². The van der Waals surface area contributed by atoms with Crippen LogP contribution >= 0.6 is 0 Å². The Hall–Kier alpha value is -0.130. The second kappa shape index (κ2) is 6.75. The van der Waals surface area contributed by atoms with Gasteiger partial charge in [-0.25, -0.2) is 12.7 Å². The summed E-state index contributed by atoms with van der Waals surface area (Å²) in [7, 11) is -3.02. The van der Waals surface area contributed by atoms with Gasteiger partial charge in [-0.15, -0.1) is 0 Å². The molecule has 1 heterocycles. The Labute approximate surface area is 124 Å². The van der Waals surface area contributed by atoms with Gasteiger partial charge >= 0.3 is 0 Å². The van der Waals surface area contributed by atoms with Crippen molar-refractivity contribution in [3.63, 3.8) is 0 Å². The first-order valence-electron chi connectivity index (χ1n) is 8.05. The topological polar surface area (TPSA) is 63.4 Å². The fourth-order valence-electron chi connectivity index (χ4n) is 4.11. The Kier molecular flexibility index (Phi) is 5.49. The summed E-state index contributed by atoms with van der Waals surface area (Å²) in [6.45, 7) is 4.56. The Morgan fingerprint density at radius 2 is 1.95 bits per heavy atom. The van der Waals surface area contributed by atoms with Crippen LogP contribution in [0.1, 0.15) is 45.4 Å². The van der Waals surface area contributed by atoms with Crippen molar-refractivity contribution in [1.29, 1.82) is 0 Å². The standard InChI is InChI=1S/C15H30N2O2S/c1-12-5-6-14(10-16)15(8-12)9-13-4-3-7-17(11-13)20(2,18)19/h12-15H,3-11,16H2,1-2H3. The van der Waals surface area contributed by atoms with Gasteiger partial charge in [0.25, 0.3) is 0 Å². The Bertz CT molecular complexity index is 410. The third-order valence-electron chi connectivity index (χ3n) is 5.29. The quantitative estimate of drug-likeness (QED) is 0.864. The van der Waals surface area contributed by atoms with E-state index in [1.807, 2.05) is 0 Å². The minimum Gasteiger partial charge on any atom is -0.330 e. The van der Waals surface area contributed by atoms with Crippen LogP contribution in [0, 0.1) is 23.7 Å². The van der Waals surface area contributed by atoms with Gasteiger partial charge in [-0.3, -0.25) is 0 Å². The molecule has 0 bridgehead atoms. The van der Waals surface area contributed by atoms with Crippen LogP contribution in [0.4, 0.5) is 0 Å².